The standard InChI is InChI=1S/C28H30N2O/c31-28(27(26-12-6-2-7-13-26)20-23-10-4-1-5-11-23)29-21-24-14-16-25(17-15-24)22-30-18-8-3-9-19-30/h1-2,4-7,10-17,20H,3,8-9,18-19,21-22H2,(H,29,31)/b27-20+. The van der Waals surface area contributed by atoms with Crippen molar-refractivity contribution in [3.05, 3.63) is 107 Å². The van der Waals surface area contributed by atoms with Crippen molar-refractivity contribution < 1.29 is 4.79 Å². The molecule has 0 saturated carbocycles. The molecule has 0 radical (unpaired) electrons. The monoisotopic (exact) mass is 410 g/mol. The Kier molecular flexibility index (Phi) is 7.30. The molecule has 3 heteroatoms. The molecule has 1 N–H and O–H groups in total. The van der Waals surface area contributed by atoms with E-state index in [-0.39, 0.29) is 5.91 Å². The zero-order chi connectivity index (χ0) is 21.3. The van der Waals surface area contributed by atoms with Crippen LogP contribution in [0.15, 0.2) is 84.9 Å². The molecule has 31 heavy (non-hydrogen) atoms. The van der Waals surface area contributed by atoms with E-state index in [2.05, 4.69) is 34.5 Å². The van der Waals surface area contributed by atoms with Gasteiger partial charge in [0.2, 0.25) is 0 Å². The first-order valence-electron chi connectivity index (χ1n) is 11.2. The van der Waals surface area contributed by atoms with E-state index in [9.17, 15) is 4.79 Å². The van der Waals surface area contributed by atoms with Crippen molar-refractivity contribution in [3.63, 3.8) is 0 Å². The number of piperidine rings is 1. The molecule has 3 aromatic rings. The van der Waals surface area contributed by atoms with Gasteiger partial charge >= 0.3 is 0 Å². The van der Waals surface area contributed by atoms with Crippen molar-refractivity contribution in [3.8, 4) is 0 Å². The fourth-order valence-corrected chi connectivity index (χ4v) is 4.03. The zero-order valence-corrected chi connectivity index (χ0v) is 18.0. The topological polar surface area (TPSA) is 32.3 Å². The number of carbonyl (C=O) groups is 1. The second-order valence-corrected chi connectivity index (χ2v) is 8.17. The summed E-state index contributed by atoms with van der Waals surface area (Å²) in [6.45, 7) is 3.94. The molecule has 1 heterocycles. The van der Waals surface area contributed by atoms with Crippen LogP contribution in [0, 0.1) is 0 Å². The average molecular weight is 411 g/mol. The Morgan fingerprint density at radius 1 is 0.774 bits per heavy atom. The number of hydrogen-bond acceptors (Lipinski definition) is 2. The van der Waals surface area contributed by atoms with E-state index < -0.39 is 0 Å². The van der Waals surface area contributed by atoms with Crippen LogP contribution in [0.2, 0.25) is 0 Å². The van der Waals surface area contributed by atoms with Crippen molar-refractivity contribution in [1.29, 1.82) is 0 Å². The maximum Gasteiger partial charge on any atom is 0.252 e. The molecule has 0 atom stereocenters. The molecule has 1 fully saturated rings. The van der Waals surface area contributed by atoms with Crippen molar-refractivity contribution in [1.82, 2.24) is 10.2 Å². The Balaban J connectivity index is 1.41. The molecule has 1 aliphatic heterocycles. The van der Waals surface area contributed by atoms with E-state index in [1.807, 2.05) is 66.7 Å². The number of benzene rings is 3. The van der Waals surface area contributed by atoms with Gasteiger partial charge in [0.05, 0.1) is 0 Å². The number of amides is 1. The molecule has 0 spiro atoms. The highest BCUT2D eigenvalue weighted by molar-refractivity contribution is 6.24. The Morgan fingerprint density at radius 2 is 1.39 bits per heavy atom. The molecule has 1 saturated heterocycles. The number of rotatable bonds is 7. The molecular weight excluding hydrogens is 380 g/mol. The molecule has 1 amide bonds. The van der Waals surface area contributed by atoms with E-state index >= 15 is 0 Å². The minimum Gasteiger partial charge on any atom is -0.348 e. The third-order valence-corrected chi connectivity index (χ3v) is 5.77. The predicted octanol–water partition coefficient (Wildman–Crippen LogP) is 5.53. The van der Waals surface area contributed by atoms with Crippen LogP contribution in [0.5, 0.6) is 0 Å². The van der Waals surface area contributed by atoms with Gasteiger partial charge in [0.1, 0.15) is 0 Å². The Labute approximate surface area is 185 Å². The Hall–Kier alpha value is -3.17. The van der Waals surface area contributed by atoms with Gasteiger partial charge in [-0.3, -0.25) is 9.69 Å². The van der Waals surface area contributed by atoms with Crippen molar-refractivity contribution in [2.45, 2.75) is 32.4 Å². The van der Waals surface area contributed by atoms with E-state index in [4.69, 9.17) is 0 Å². The van der Waals surface area contributed by atoms with Gasteiger partial charge in [-0.25, -0.2) is 0 Å². The van der Waals surface area contributed by atoms with Crippen LogP contribution in [0.1, 0.15) is 41.5 Å². The third kappa shape index (κ3) is 6.16. The minimum atomic E-state index is -0.0625. The fraction of sp³-hybridized carbons (Fsp3) is 0.250. The highest BCUT2D eigenvalue weighted by Gasteiger charge is 2.13. The lowest BCUT2D eigenvalue weighted by Crippen LogP contribution is -2.29. The third-order valence-electron chi connectivity index (χ3n) is 5.77. The number of likely N-dealkylation sites (tertiary alicyclic amines) is 1. The molecule has 0 unspecified atom stereocenters. The molecule has 158 valence electrons. The Morgan fingerprint density at radius 3 is 2.06 bits per heavy atom. The number of nitrogens with zero attached hydrogens (tertiary/aromatic N) is 1. The lowest BCUT2D eigenvalue weighted by atomic mass is 10.0. The summed E-state index contributed by atoms with van der Waals surface area (Å²) >= 11 is 0. The normalized spacial score (nSPS) is 14.9. The first kappa shape index (κ1) is 21.1. The van der Waals surface area contributed by atoms with Gasteiger partial charge in [-0.2, -0.15) is 0 Å². The molecular formula is C28H30N2O. The number of hydrogen-bond donors (Lipinski definition) is 1. The van der Waals surface area contributed by atoms with Gasteiger partial charge in [0.25, 0.3) is 5.91 Å². The molecule has 1 aliphatic rings. The fourth-order valence-electron chi connectivity index (χ4n) is 4.03. The van der Waals surface area contributed by atoms with Crippen LogP contribution < -0.4 is 5.32 Å². The molecule has 4 rings (SSSR count). The number of nitrogens with one attached hydrogen (secondary N) is 1. The smallest absolute Gasteiger partial charge is 0.252 e. The van der Waals surface area contributed by atoms with Gasteiger partial charge in [0.15, 0.2) is 0 Å². The highest BCUT2D eigenvalue weighted by atomic mass is 16.1. The largest absolute Gasteiger partial charge is 0.348 e. The van der Waals surface area contributed by atoms with Crippen molar-refractivity contribution in [2.24, 2.45) is 0 Å². The average Bonchev–Trinajstić information content (AvgIpc) is 2.84. The second-order valence-electron chi connectivity index (χ2n) is 8.17. The van der Waals surface area contributed by atoms with Gasteiger partial charge in [-0.1, -0.05) is 91.3 Å². The van der Waals surface area contributed by atoms with Crippen LogP contribution in [-0.4, -0.2) is 23.9 Å². The van der Waals surface area contributed by atoms with E-state index in [0.29, 0.717) is 12.1 Å². The highest BCUT2D eigenvalue weighted by Crippen LogP contribution is 2.19. The number of carbonyl (C=O) groups excluding carboxylic acids is 1. The summed E-state index contributed by atoms with van der Waals surface area (Å²) in [4.78, 5) is 15.6. The molecule has 0 aliphatic carbocycles. The van der Waals surface area contributed by atoms with Gasteiger partial charge < -0.3 is 5.32 Å². The second kappa shape index (κ2) is 10.7. The zero-order valence-electron chi connectivity index (χ0n) is 18.0. The van der Waals surface area contributed by atoms with E-state index in [1.54, 1.807) is 0 Å². The lowest BCUT2D eigenvalue weighted by molar-refractivity contribution is -0.115. The van der Waals surface area contributed by atoms with Gasteiger partial charge in [0, 0.05) is 18.7 Å². The van der Waals surface area contributed by atoms with Gasteiger partial charge in [-0.15, -0.1) is 0 Å². The van der Waals surface area contributed by atoms with Crippen LogP contribution in [-0.2, 0) is 17.9 Å². The predicted molar refractivity (Wildman–Crippen MR) is 128 cm³/mol. The van der Waals surface area contributed by atoms with Crippen molar-refractivity contribution in [2.75, 3.05) is 13.1 Å². The maximum absolute atomic E-state index is 13.1. The van der Waals surface area contributed by atoms with Crippen molar-refractivity contribution >= 4 is 17.6 Å². The maximum atomic E-state index is 13.1. The summed E-state index contributed by atoms with van der Waals surface area (Å²) in [5, 5.41) is 3.10. The summed E-state index contributed by atoms with van der Waals surface area (Å²) in [6, 6.07) is 28.4. The first-order chi connectivity index (χ1) is 15.3. The van der Waals surface area contributed by atoms with Crippen LogP contribution >= 0.6 is 0 Å². The molecule has 0 bridgehead atoms. The molecule has 3 aromatic carbocycles. The van der Waals surface area contributed by atoms with E-state index in [0.717, 1.165) is 23.2 Å². The summed E-state index contributed by atoms with van der Waals surface area (Å²) in [7, 11) is 0. The van der Waals surface area contributed by atoms with E-state index in [1.165, 1.54) is 37.9 Å². The summed E-state index contributed by atoms with van der Waals surface area (Å²) < 4.78 is 0. The van der Waals surface area contributed by atoms with Crippen LogP contribution in [0.25, 0.3) is 11.6 Å². The molecule has 0 aromatic heterocycles. The molecule has 3 nitrogen and oxygen atoms in total. The lowest BCUT2D eigenvalue weighted by Gasteiger charge is -2.26. The summed E-state index contributed by atoms with van der Waals surface area (Å²) in [6.07, 6.45) is 5.93. The SMILES string of the molecule is O=C(NCc1ccc(CN2CCCCC2)cc1)/C(=C/c1ccccc1)c1ccccc1. The minimum absolute atomic E-state index is 0.0625. The van der Waals surface area contributed by atoms with Crippen LogP contribution in [0.3, 0.4) is 0 Å². The van der Waals surface area contributed by atoms with Gasteiger partial charge in [-0.05, 0) is 54.3 Å². The Bertz CT molecular complexity index is 988. The van der Waals surface area contributed by atoms with Crippen LogP contribution in [0.4, 0.5) is 0 Å². The summed E-state index contributed by atoms with van der Waals surface area (Å²) in [5.74, 6) is -0.0625. The first-order valence-corrected chi connectivity index (χ1v) is 11.2. The quantitative estimate of drug-likeness (QED) is 0.410. The summed E-state index contributed by atoms with van der Waals surface area (Å²) in [5.41, 5.74) is 5.06.